The van der Waals surface area contributed by atoms with Gasteiger partial charge in [-0.05, 0) is 19.1 Å². The zero-order valence-corrected chi connectivity index (χ0v) is 13.9. The number of carbonyl (C=O) groups excluding carboxylic acids is 2. The molecule has 0 aliphatic carbocycles. The topological polar surface area (TPSA) is 55.4 Å². The molecule has 0 heterocycles. The second-order valence-corrected chi connectivity index (χ2v) is 6.30. The van der Waals surface area contributed by atoms with Gasteiger partial charge in [0.25, 0.3) is 0 Å². The molecule has 1 amide bonds. The number of para-hydroxylation sites is 1. The van der Waals surface area contributed by atoms with Gasteiger partial charge >= 0.3 is 0 Å². The highest BCUT2D eigenvalue weighted by molar-refractivity contribution is 8.00. The number of methoxy groups -OCH3 is 1. The van der Waals surface area contributed by atoms with Crippen LogP contribution in [0.25, 0.3) is 0 Å². The highest BCUT2D eigenvalue weighted by Crippen LogP contribution is 2.31. The third-order valence-electron chi connectivity index (χ3n) is 3.26. The van der Waals surface area contributed by atoms with Gasteiger partial charge in [0.2, 0.25) is 5.91 Å². The van der Waals surface area contributed by atoms with Crippen molar-refractivity contribution in [2.45, 2.75) is 17.1 Å². The van der Waals surface area contributed by atoms with Crippen molar-refractivity contribution in [2.24, 2.45) is 0 Å². The fraction of sp³-hybridized carbons (Fsp3) is 0.222. The van der Waals surface area contributed by atoms with Crippen molar-refractivity contribution in [2.75, 3.05) is 13.7 Å². The van der Waals surface area contributed by atoms with Crippen molar-refractivity contribution in [3.63, 3.8) is 0 Å². The van der Waals surface area contributed by atoms with E-state index in [-0.39, 0.29) is 23.5 Å². The minimum absolute atomic E-state index is 0.000326. The normalized spacial score (nSPS) is 11.6. The minimum Gasteiger partial charge on any atom is -0.496 e. The number of rotatable bonds is 7. The lowest BCUT2D eigenvalue weighted by Crippen LogP contribution is -2.35. The molecule has 4 nitrogen and oxygen atoms in total. The van der Waals surface area contributed by atoms with Gasteiger partial charge in [-0.3, -0.25) is 9.59 Å². The van der Waals surface area contributed by atoms with Gasteiger partial charge in [0.05, 0.1) is 23.8 Å². The van der Waals surface area contributed by atoms with Gasteiger partial charge in [-0.2, -0.15) is 0 Å². The summed E-state index contributed by atoms with van der Waals surface area (Å²) in [7, 11) is 1.60. The lowest BCUT2D eigenvalue weighted by Gasteiger charge is -2.13. The summed E-state index contributed by atoms with van der Waals surface area (Å²) in [5, 5.41) is 2.36. The number of hydrogen-bond acceptors (Lipinski definition) is 4. The fourth-order valence-electron chi connectivity index (χ4n) is 2.00. The van der Waals surface area contributed by atoms with Crippen molar-refractivity contribution in [1.29, 1.82) is 0 Å². The molecule has 5 heteroatoms. The Bertz CT molecular complexity index is 673. The van der Waals surface area contributed by atoms with Gasteiger partial charge < -0.3 is 10.1 Å². The Morgan fingerprint density at radius 2 is 1.74 bits per heavy atom. The smallest absolute Gasteiger partial charge is 0.233 e. The van der Waals surface area contributed by atoms with Crippen LogP contribution < -0.4 is 10.1 Å². The first kappa shape index (κ1) is 17.1. The summed E-state index contributed by atoms with van der Waals surface area (Å²) in [6, 6.07) is 16.5. The van der Waals surface area contributed by atoms with E-state index in [1.807, 2.05) is 30.3 Å². The van der Waals surface area contributed by atoms with E-state index in [4.69, 9.17) is 4.74 Å². The number of carbonyl (C=O) groups is 2. The maximum absolute atomic E-state index is 12.2. The molecule has 1 atom stereocenters. The van der Waals surface area contributed by atoms with Crippen molar-refractivity contribution < 1.29 is 14.3 Å². The highest BCUT2D eigenvalue weighted by atomic mass is 32.2. The molecule has 0 spiro atoms. The molecule has 0 aliphatic rings. The van der Waals surface area contributed by atoms with Crippen molar-refractivity contribution >= 4 is 23.5 Å². The first-order valence-electron chi connectivity index (χ1n) is 7.27. The fourth-order valence-corrected chi connectivity index (χ4v) is 2.99. The van der Waals surface area contributed by atoms with Gasteiger partial charge in [-0.1, -0.05) is 42.5 Å². The molecule has 0 bridgehead atoms. The number of nitrogens with one attached hydrogen (secondary N) is 1. The van der Waals surface area contributed by atoms with Crippen LogP contribution in [0.3, 0.4) is 0 Å². The Morgan fingerprint density at radius 1 is 1.09 bits per heavy atom. The molecule has 2 aromatic rings. The second kappa shape index (κ2) is 8.39. The van der Waals surface area contributed by atoms with Gasteiger partial charge in [0, 0.05) is 5.56 Å². The van der Waals surface area contributed by atoms with Crippen LogP contribution in [-0.4, -0.2) is 30.6 Å². The van der Waals surface area contributed by atoms with E-state index in [1.165, 1.54) is 11.8 Å². The predicted molar refractivity (Wildman–Crippen MR) is 92.1 cm³/mol. The van der Waals surface area contributed by atoms with Crippen LogP contribution in [0.4, 0.5) is 0 Å². The summed E-state index contributed by atoms with van der Waals surface area (Å²) in [6.45, 7) is 1.80. The van der Waals surface area contributed by atoms with E-state index in [0.29, 0.717) is 5.56 Å². The molecule has 0 fully saturated rings. The van der Waals surface area contributed by atoms with Crippen LogP contribution in [0, 0.1) is 0 Å². The zero-order chi connectivity index (χ0) is 16.7. The minimum atomic E-state index is -0.324. The van der Waals surface area contributed by atoms with E-state index in [9.17, 15) is 9.59 Å². The molecule has 2 rings (SSSR count). The summed E-state index contributed by atoms with van der Waals surface area (Å²) >= 11 is 1.40. The van der Waals surface area contributed by atoms with Crippen molar-refractivity contribution in [1.82, 2.24) is 5.32 Å². The summed E-state index contributed by atoms with van der Waals surface area (Å²) < 4.78 is 5.28. The predicted octanol–water partition coefficient (Wildman–Crippen LogP) is 3.17. The number of Topliss-reactive ketones (excluding diaryl/α,β-unsaturated/α-hetero) is 1. The Kier molecular flexibility index (Phi) is 6.23. The number of hydrogen-bond donors (Lipinski definition) is 1. The van der Waals surface area contributed by atoms with Gasteiger partial charge in [0.15, 0.2) is 5.78 Å². The third kappa shape index (κ3) is 4.86. The Labute approximate surface area is 140 Å². The molecule has 23 heavy (non-hydrogen) atoms. The van der Waals surface area contributed by atoms with Gasteiger partial charge in [-0.15, -0.1) is 11.8 Å². The first-order chi connectivity index (χ1) is 11.1. The maximum Gasteiger partial charge on any atom is 0.233 e. The number of ether oxygens (including phenoxy) is 1. The Hall–Kier alpha value is -2.27. The molecule has 0 unspecified atom stereocenters. The number of benzene rings is 2. The number of ketones is 1. The van der Waals surface area contributed by atoms with E-state index in [2.05, 4.69) is 5.32 Å². The summed E-state index contributed by atoms with van der Waals surface area (Å²) in [5.41, 5.74) is 0.595. The van der Waals surface area contributed by atoms with E-state index >= 15 is 0 Å². The molecule has 120 valence electrons. The zero-order valence-electron chi connectivity index (χ0n) is 13.1. The van der Waals surface area contributed by atoms with Crippen molar-refractivity contribution in [3.05, 3.63) is 60.2 Å². The standard InChI is InChI=1S/C18H19NO3S/c1-13(23-17-11-7-6-10-16(17)22-2)18(21)19-12-15(20)14-8-4-3-5-9-14/h3-11,13H,12H2,1-2H3,(H,19,21)/t13-/m1/s1. The van der Waals surface area contributed by atoms with Crippen molar-refractivity contribution in [3.8, 4) is 5.75 Å². The molecular weight excluding hydrogens is 310 g/mol. The number of amides is 1. The van der Waals surface area contributed by atoms with E-state index in [1.54, 1.807) is 38.3 Å². The van der Waals surface area contributed by atoms with E-state index in [0.717, 1.165) is 10.6 Å². The van der Waals surface area contributed by atoms with Gasteiger partial charge in [-0.25, -0.2) is 0 Å². The average Bonchev–Trinajstić information content (AvgIpc) is 2.60. The van der Waals surface area contributed by atoms with Gasteiger partial charge in [0.1, 0.15) is 5.75 Å². The average molecular weight is 329 g/mol. The second-order valence-electron chi connectivity index (χ2n) is 4.92. The summed E-state index contributed by atoms with van der Waals surface area (Å²) in [4.78, 5) is 25.0. The lowest BCUT2D eigenvalue weighted by molar-refractivity contribution is -0.120. The monoisotopic (exact) mass is 329 g/mol. The molecule has 2 aromatic carbocycles. The highest BCUT2D eigenvalue weighted by Gasteiger charge is 2.17. The van der Waals surface area contributed by atoms with Crippen LogP contribution in [0.5, 0.6) is 5.75 Å². The maximum atomic E-state index is 12.2. The van der Waals surface area contributed by atoms with Crippen LogP contribution in [-0.2, 0) is 4.79 Å². The molecule has 1 N–H and O–H groups in total. The molecule has 0 aliphatic heterocycles. The molecule has 0 aromatic heterocycles. The third-order valence-corrected chi connectivity index (χ3v) is 4.42. The molecule has 0 radical (unpaired) electrons. The largest absolute Gasteiger partial charge is 0.496 e. The molecular formula is C18H19NO3S. The van der Waals surface area contributed by atoms with Crippen LogP contribution in [0.2, 0.25) is 0 Å². The first-order valence-corrected chi connectivity index (χ1v) is 8.15. The Balaban J connectivity index is 1.89. The van der Waals surface area contributed by atoms with Crippen LogP contribution in [0.15, 0.2) is 59.5 Å². The van der Waals surface area contributed by atoms with Crippen LogP contribution >= 0.6 is 11.8 Å². The summed E-state index contributed by atoms with van der Waals surface area (Å²) in [5.74, 6) is 0.455. The lowest BCUT2D eigenvalue weighted by atomic mass is 10.1. The Morgan fingerprint density at radius 3 is 2.43 bits per heavy atom. The van der Waals surface area contributed by atoms with E-state index < -0.39 is 0 Å². The quantitative estimate of drug-likeness (QED) is 0.626. The summed E-state index contributed by atoms with van der Waals surface area (Å²) in [6.07, 6.45) is 0. The number of thioether (sulfide) groups is 1. The molecule has 0 saturated carbocycles. The van der Waals surface area contributed by atoms with Crippen LogP contribution in [0.1, 0.15) is 17.3 Å². The SMILES string of the molecule is COc1ccccc1S[C@H](C)C(=O)NCC(=O)c1ccccc1. The molecule has 0 saturated heterocycles.